The van der Waals surface area contributed by atoms with E-state index in [2.05, 4.69) is 10.6 Å². The van der Waals surface area contributed by atoms with E-state index in [0.29, 0.717) is 17.1 Å². The summed E-state index contributed by atoms with van der Waals surface area (Å²) in [6.45, 7) is 0.0169. The Morgan fingerprint density at radius 2 is 1.65 bits per heavy atom. The number of nitrogens with one attached hydrogen (secondary N) is 2. The molecule has 1 rings (SSSR count). The van der Waals surface area contributed by atoms with Crippen LogP contribution in [0.4, 0.5) is 13.2 Å². The molecule has 0 heterocycles. The Morgan fingerprint density at radius 3 is 2.09 bits per heavy atom. The molecule has 0 saturated heterocycles. The average Bonchev–Trinajstić information content (AvgIpc) is 2.75. The van der Waals surface area contributed by atoms with Crippen molar-refractivity contribution >= 4 is 23.8 Å². The van der Waals surface area contributed by atoms with Crippen LogP contribution in [0, 0.1) is 0 Å². The van der Waals surface area contributed by atoms with Crippen molar-refractivity contribution in [1.82, 2.24) is 10.6 Å². The first-order chi connectivity index (χ1) is 15.8. The zero-order valence-electron chi connectivity index (χ0n) is 18.5. The first-order valence-electron chi connectivity index (χ1n) is 9.32. The zero-order valence-corrected chi connectivity index (χ0v) is 18.5. The third-order valence-corrected chi connectivity index (χ3v) is 3.88. The highest BCUT2D eigenvalue weighted by Gasteiger charge is 2.38. The van der Waals surface area contributed by atoms with E-state index in [1.807, 2.05) is 0 Å². The van der Waals surface area contributed by atoms with Crippen molar-refractivity contribution < 1.29 is 56.8 Å². The summed E-state index contributed by atoms with van der Waals surface area (Å²) < 4.78 is 47.2. The molecule has 0 aliphatic rings. The van der Waals surface area contributed by atoms with Crippen LogP contribution in [0.5, 0.6) is 11.5 Å². The molecule has 0 aromatic heterocycles. The SMILES string of the molecule is COCC(NC(=O)C(N)CC(=O)O)C(=O)NCc1cccc(OC)c1OC.O=C(O)C(F)(F)F. The lowest BCUT2D eigenvalue weighted by Gasteiger charge is -2.20. The smallest absolute Gasteiger partial charge is 0.490 e. The van der Waals surface area contributed by atoms with Crippen molar-refractivity contribution in [3.8, 4) is 11.5 Å². The van der Waals surface area contributed by atoms with Crippen LogP contribution in [0.3, 0.4) is 0 Å². The normalized spacial score (nSPS) is 12.3. The number of methoxy groups -OCH3 is 3. The molecule has 0 aliphatic carbocycles. The van der Waals surface area contributed by atoms with Gasteiger partial charge in [-0.2, -0.15) is 13.2 Å². The number of hydrogen-bond acceptors (Lipinski definition) is 8. The van der Waals surface area contributed by atoms with Gasteiger partial charge >= 0.3 is 18.1 Å². The Bertz CT molecular complexity index is 850. The fourth-order valence-corrected chi connectivity index (χ4v) is 2.31. The second-order valence-corrected chi connectivity index (χ2v) is 6.39. The number of halogens is 3. The highest BCUT2D eigenvalue weighted by atomic mass is 19.4. The van der Waals surface area contributed by atoms with Crippen LogP contribution >= 0.6 is 0 Å². The van der Waals surface area contributed by atoms with Crippen molar-refractivity contribution in [3.05, 3.63) is 23.8 Å². The zero-order chi connectivity index (χ0) is 26.5. The second-order valence-electron chi connectivity index (χ2n) is 6.39. The van der Waals surface area contributed by atoms with Crippen molar-refractivity contribution in [3.63, 3.8) is 0 Å². The molecule has 0 fully saturated rings. The predicted octanol–water partition coefficient (Wildman–Crippen LogP) is -0.113. The molecule has 0 bridgehead atoms. The van der Waals surface area contributed by atoms with E-state index >= 15 is 0 Å². The molecular formula is C19H26F3N3O9. The van der Waals surface area contributed by atoms with Gasteiger partial charge in [0.05, 0.1) is 33.3 Å². The van der Waals surface area contributed by atoms with Gasteiger partial charge in [0.1, 0.15) is 6.04 Å². The van der Waals surface area contributed by atoms with Gasteiger partial charge in [-0.05, 0) is 6.07 Å². The predicted molar refractivity (Wildman–Crippen MR) is 109 cm³/mol. The van der Waals surface area contributed by atoms with Gasteiger partial charge in [-0.25, -0.2) is 4.79 Å². The quantitative estimate of drug-likeness (QED) is 0.276. The molecule has 34 heavy (non-hydrogen) atoms. The summed E-state index contributed by atoms with van der Waals surface area (Å²) in [5.74, 6) is -4.24. The summed E-state index contributed by atoms with van der Waals surface area (Å²) in [5, 5.41) is 20.9. The number of rotatable bonds is 11. The number of para-hydroxylation sites is 1. The minimum absolute atomic E-state index is 0.105. The largest absolute Gasteiger partial charge is 0.493 e. The molecule has 2 atom stereocenters. The molecular weight excluding hydrogens is 471 g/mol. The van der Waals surface area contributed by atoms with E-state index in [0.717, 1.165) is 0 Å². The Morgan fingerprint density at radius 1 is 1.06 bits per heavy atom. The molecule has 192 valence electrons. The molecule has 1 aromatic carbocycles. The maximum atomic E-state index is 12.4. The van der Waals surface area contributed by atoms with Gasteiger partial charge in [-0.1, -0.05) is 12.1 Å². The van der Waals surface area contributed by atoms with Gasteiger partial charge in [0.25, 0.3) is 0 Å². The van der Waals surface area contributed by atoms with Gasteiger partial charge in [-0.3, -0.25) is 14.4 Å². The van der Waals surface area contributed by atoms with Gasteiger partial charge in [-0.15, -0.1) is 0 Å². The number of carbonyl (C=O) groups is 4. The van der Waals surface area contributed by atoms with E-state index in [9.17, 15) is 27.6 Å². The summed E-state index contributed by atoms with van der Waals surface area (Å²) in [6.07, 6.45) is -5.63. The van der Waals surface area contributed by atoms with Crippen LogP contribution in [0.25, 0.3) is 0 Å². The van der Waals surface area contributed by atoms with Crippen LogP contribution in [0.15, 0.2) is 18.2 Å². The first kappa shape index (κ1) is 30.4. The Labute approximate surface area is 192 Å². The maximum absolute atomic E-state index is 12.4. The third kappa shape index (κ3) is 10.8. The Balaban J connectivity index is 0.00000135. The van der Waals surface area contributed by atoms with Gasteiger partial charge in [0.2, 0.25) is 11.8 Å². The van der Waals surface area contributed by atoms with Crippen LogP contribution in [0.1, 0.15) is 12.0 Å². The lowest BCUT2D eigenvalue weighted by Crippen LogP contribution is -2.53. The number of aliphatic carboxylic acids is 2. The van der Waals surface area contributed by atoms with E-state index < -0.39 is 48.4 Å². The molecule has 12 nitrogen and oxygen atoms in total. The molecule has 1 aromatic rings. The van der Waals surface area contributed by atoms with Crippen LogP contribution < -0.4 is 25.8 Å². The van der Waals surface area contributed by atoms with Gasteiger partial charge < -0.3 is 40.8 Å². The monoisotopic (exact) mass is 497 g/mol. The van der Waals surface area contributed by atoms with E-state index in [1.54, 1.807) is 18.2 Å². The second kappa shape index (κ2) is 14.5. The average molecular weight is 497 g/mol. The van der Waals surface area contributed by atoms with Crippen molar-refractivity contribution in [2.75, 3.05) is 27.9 Å². The Kier molecular flexibility index (Phi) is 13.0. The van der Waals surface area contributed by atoms with Gasteiger partial charge in [0.15, 0.2) is 11.5 Å². The summed E-state index contributed by atoms with van der Waals surface area (Å²) in [4.78, 5) is 43.9. The summed E-state index contributed by atoms with van der Waals surface area (Å²) in [5.41, 5.74) is 6.18. The number of amides is 2. The fraction of sp³-hybridized carbons (Fsp3) is 0.474. The highest BCUT2D eigenvalue weighted by Crippen LogP contribution is 2.30. The van der Waals surface area contributed by atoms with Gasteiger partial charge in [0, 0.05) is 19.2 Å². The maximum Gasteiger partial charge on any atom is 0.490 e. The molecule has 0 aliphatic heterocycles. The number of benzene rings is 1. The number of carbonyl (C=O) groups excluding carboxylic acids is 2. The van der Waals surface area contributed by atoms with E-state index in [4.69, 9.17) is 35.0 Å². The molecule has 2 unspecified atom stereocenters. The lowest BCUT2D eigenvalue weighted by atomic mass is 10.1. The van der Waals surface area contributed by atoms with Crippen molar-refractivity contribution in [2.45, 2.75) is 31.2 Å². The van der Waals surface area contributed by atoms with E-state index in [-0.39, 0.29) is 13.2 Å². The lowest BCUT2D eigenvalue weighted by molar-refractivity contribution is -0.192. The fourth-order valence-electron chi connectivity index (χ4n) is 2.31. The van der Waals surface area contributed by atoms with Crippen LogP contribution in [-0.2, 0) is 30.5 Å². The molecule has 0 saturated carbocycles. The number of nitrogens with two attached hydrogens (primary N) is 1. The number of hydrogen-bond donors (Lipinski definition) is 5. The van der Waals surface area contributed by atoms with Crippen molar-refractivity contribution in [2.24, 2.45) is 5.73 Å². The van der Waals surface area contributed by atoms with Crippen molar-refractivity contribution in [1.29, 1.82) is 0 Å². The molecule has 0 radical (unpaired) electrons. The minimum Gasteiger partial charge on any atom is -0.493 e. The highest BCUT2D eigenvalue weighted by molar-refractivity contribution is 5.91. The number of carboxylic acid groups (broad SMARTS) is 2. The molecule has 6 N–H and O–H groups in total. The number of carboxylic acids is 2. The summed E-state index contributed by atoms with van der Waals surface area (Å²) >= 11 is 0. The topological polar surface area (TPSA) is 187 Å². The molecule has 0 spiro atoms. The third-order valence-electron chi connectivity index (χ3n) is 3.88. The first-order valence-corrected chi connectivity index (χ1v) is 9.32. The summed E-state index contributed by atoms with van der Waals surface area (Å²) in [7, 11) is 4.36. The number of ether oxygens (including phenoxy) is 3. The molecule has 2 amide bonds. The number of alkyl halides is 3. The standard InChI is InChI=1S/C17H25N3O7.C2HF3O2/c1-25-9-12(20-16(23)11(18)7-14(21)22)17(24)19-8-10-5-4-6-13(26-2)15(10)27-3;3-2(4,5)1(6)7/h4-6,11-12H,7-9,18H2,1-3H3,(H,19,24)(H,20,23)(H,21,22);(H,6,7). The summed E-state index contributed by atoms with van der Waals surface area (Å²) in [6, 6.07) is 2.94. The van der Waals surface area contributed by atoms with E-state index in [1.165, 1.54) is 21.3 Å². The molecule has 15 heteroatoms. The minimum atomic E-state index is -5.08. The Hall–Kier alpha value is -3.59. The van der Waals surface area contributed by atoms with Crippen LogP contribution in [0.2, 0.25) is 0 Å². The van der Waals surface area contributed by atoms with Crippen LogP contribution in [-0.4, -0.2) is 80.2 Å².